The second-order valence-electron chi connectivity index (χ2n) is 8.98. The third-order valence-corrected chi connectivity index (χ3v) is 5.64. The van der Waals surface area contributed by atoms with E-state index in [0.717, 1.165) is 43.9 Å². The van der Waals surface area contributed by atoms with E-state index in [0.29, 0.717) is 12.2 Å². The largest absolute Gasteiger partial charge is 0.357 e. The molecule has 3 rings (SSSR count). The summed E-state index contributed by atoms with van der Waals surface area (Å²) in [5.41, 5.74) is 2.24. The summed E-state index contributed by atoms with van der Waals surface area (Å²) in [7, 11) is 3.65. The number of rotatable bonds is 4. The van der Waals surface area contributed by atoms with E-state index in [-0.39, 0.29) is 11.8 Å². The Kier molecular flexibility index (Phi) is 5.93. The number of aromatic nitrogens is 2. The lowest BCUT2D eigenvalue weighted by atomic mass is 9.86. The SMILES string of the molecule is CNC(=O)[C@@H](NC(=O)c1nc(C2=CCCCC2)n2c1CN(C)CC2)C(C)(C)C. The lowest BCUT2D eigenvalue weighted by Gasteiger charge is -2.30. The van der Waals surface area contributed by atoms with Crippen molar-refractivity contribution in [3.05, 3.63) is 23.3 Å². The molecule has 2 heterocycles. The van der Waals surface area contributed by atoms with Crippen LogP contribution in [0, 0.1) is 5.41 Å². The number of allylic oxidation sites excluding steroid dienone is 2. The zero-order chi connectivity index (χ0) is 20.5. The van der Waals surface area contributed by atoms with Crippen LogP contribution < -0.4 is 10.6 Å². The molecule has 0 radical (unpaired) electrons. The van der Waals surface area contributed by atoms with Crippen LogP contribution in [-0.4, -0.2) is 52.9 Å². The third kappa shape index (κ3) is 4.14. The minimum atomic E-state index is -0.624. The van der Waals surface area contributed by atoms with Crippen LogP contribution in [0.3, 0.4) is 0 Å². The van der Waals surface area contributed by atoms with Crippen LogP contribution in [0.2, 0.25) is 0 Å². The third-order valence-electron chi connectivity index (χ3n) is 5.64. The van der Waals surface area contributed by atoms with Crippen molar-refractivity contribution in [2.45, 2.75) is 65.6 Å². The molecule has 0 fully saturated rings. The average molecular weight is 388 g/mol. The van der Waals surface area contributed by atoms with Crippen molar-refractivity contribution in [1.82, 2.24) is 25.1 Å². The van der Waals surface area contributed by atoms with Gasteiger partial charge in [0.15, 0.2) is 5.69 Å². The van der Waals surface area contributed by atoms with Crippen molar-refractivity contribution in [2.75, 3.05) is 20.6 Å². The predicted molar refractivity (Wildman–Crippen MR) is 110 cm³/mol. The fourth-order valence-corrected chi connectivity index (χ4v) is 3.98. The first-order valence-corrected chi connectivity index (χ1v) is 10.2. The maximum absolute atomic E-state index is 13.2. The van der Waals surface area contributed by atoms with Crippen molar-refractivity contribution in [3.63, 3.8) is 0 Å². The fourth-order valence-electron chi connectivity index (χ4n) is 3.98. The monoisotopic (exact) mass is 387 g/mol. The van der Waals surface area contributed by atoms with E-state index in [1.165, 1.54) is 12.0 Å². The molecule has 0 bridgehead atoms. The number of carbonyl (C=O) groups is 2. The molecule has 0 saturated heterocycles. The molecule has 2 N–H and O–H groups in total. The number of likely N-dealkylation sites (N-methyl/N-ethyl adjacent to an activating group) is 2. The smallest absolute Gasteiger partial charge is 0.272 e. The quantitative estimate of drug-likeness (QED) is 0.830. The van der Waals surface area contributed by atoms with Crippen LogP contribution in [0.1, 0.15) is 68.5 Å². The second-order valence-corrected chi connectivity index (χ2v) is 8.98. The normalized spacial score (nSPS) is 18.8. The Hall–Kier alpha value is -2.15. The molecule has 0 spiro atoms. The summed E-state index contributed by atoms with van der Waals surface area (Å²) in [5.74, 6) is 0.465. The topological polar surface area (TPSA) is 79.3 Å². The van der Waals surface area contributed by atoms with Crippen LogP contribution in [0.15, 0.2) is 6.08 Å². The zero-order valence-corrected chi connectivity index (χ0v) is 17.8. The van der Waals surface area contributed by atoms with Crippen molar-refractivity contribution in [1.29, 1.82) is 0 Å². The lowest BCUT2D eigenvalue weighted by molar-refractivity contribution is -0.124. The number of fused-ring (bicyclic) bond motifs is 1. The van der Waals surface area contributed by atoms with Crippen molar-refractivity contribution in [3.8, 4) is 0 Å². The van der Waals surface area contributed by atoms with Gasteiger partial charge in [0.1, 0.15) is 11.9 Å². The van der Waals surface area contributed by atoms with Gasteiger partial charge in [0.25, 0.3) is 5.91 Å². The summed E-state index contributed by atoms with van der Waals surface area (Å²) in [4.78, 5) is 32.5. The summed E-state index contributed by atoms with van der Waals surface area (Å²) in [6, 6.07) is -0.624. The van der Waals surface area contributed by atoms with Crippen LogP contribution in [0.25, 0.3) is 5.57 Å². The highest BCUT2D eigenvalue weighted by atomic mass is 16.2. The molecule has 1 atom stereocenters. The van der Waals surface area contributed by atoms with Crippen molar-refractivity contribution < 1.29 is 9.59 Å². The maximum atomic E-state index is 13.2. The summed E-state index contributed by atoms with van der Waals surface area (Å²) in [5, 5.41) is 5.60. The molecule has 1 aromatic heterocycles. The van der Waals surface area contributed by atoms with Crippen LogP contribution in [0.5, 0.6) is 0 Å². The molecule has 2 amide bonds. The highest BCUT2D eigenvalue weighted by molar-refractivity contribution is 5.97. The standard InChI is InChI=1S/C21H33N5O2/c1-21(2,3)17(20(28)22-4)24-19(27)16-15-13-25(5)11-12-26(15)18(23-16)14-9-7-6-8-10-14/h9,17H,6-8,10-13H2,1-5H3,(H,22,28)(H,24,27)/t17-/m1/s1. The van der Waals surface area contributed by atoms with E-state index in [2.05, 4.69) is 33.2 Å². The van der Waals surface area contributed by atoms with Gasteiger partial charge in [-0.05, 0) is 43.7 Å². The minimum Gasteiger partial charge on any atom is -0.357 e. The van der Waals surface area contributed by atoms with Gasteiger partial charge in [-0.25, -0.2) is 4.98 Å². The zero-order valence-electron chi connectivity index (χ0n) is 17.8. The molecule has 0 saturated carbocycles. The van der Waals surface area contributed by atoms with Gasteiger partial charge >= 0.3 is 0 Å². The van der Waals surface area contributed by atoms with Crippen molar-refractivity contribution in [2.24, 2.45) is 5.41 Å². The van der Waals surface area contributed by atoms with E-state index < -0.39 is 11.5 Å². The van der Waals surface area contributed by atoms with Gasteiger partial charge in [-0.2, -0.15) is 0 Å². The number of amides is 2. The highest BCUT2D eigenvalue weighted by Crippen LogP contribution is 2.30. The van der Waals surface area contributed by atoms with E-state index in [1.807, 2.05) is 20.8 Å². The van der Waals surface area contributed by atoms with E-state index >= 15 is 0 Å². The Labute approximate surface area is 167 Å². The van der Waals surface area contributed by atoms with Crippen LogP contribution >= 0.6 is 0 Å². The molecule has 7 nitrogen and oxygen atoms in total. The van der Waals surface area contributed by atoms with Gasteiger partial charge in [0.05, 0.1) is 5.69 Å². The Bertz CT molecular complexity index is 787. The van der Waals surface area contributed by atoms with Crippen LogP contribution in [0.4, 0.5) is 0 Å². The fraction of sp³-hybridized carbons (Fsp3) is 0.667. The molecular weight excluding hydrogens is 354 g/mol. The number of nitrogens with zero attached hydrogens (tertiary/aromatic N) is 3. The number of nitrogens with one attached hydrogen (secondary N) is 2. The second kappa shape index (κ2) is 8.07. The van der Waals surface area contributed by atoms with Crippen molar-refractivity contribution >= 4 is 17.4 Å². The molecule has 0 unspecified atom stereocenters. The lowest BCUT2D eigenvalue weighted by Crippen LogP contribution is -2.53. The van der Waals surface area contributed by atoms with Crippen LogP contribution in [-0.2, 0) is 17.9 Å². The minimum absolute atomic E-state index is 0.193. The van der Waals surface area contributed by atoms with E-state index in [1.54, 1.807) is 7.05 Å². The molecule has 1 aromatic rings. The molecular formula is C21H33N5O2. The molecule has 28 heavy (non-hydrogen) atoms. The Morgan fingerprint density at radius 3 is 2.57 bits per heavy atom. The number of carbonyl (C=O) groups excluding carboxylic acids is 2. The molecule has 154 valence electrons. The summed E-state index contributed by atoms with van der Waals surface area (Å²) < 4.78 is 2.21. The molecule has 0 aromatic carbocycles. The van der Waals surface area contributed by atoms with E-state index in [4.69, 9.17) is 4.98 Å². The van der Waals surface area contributed by atoms with Gasteiger partial charge in [-0.3, -0.25) is 14.5 Å². The molecule has 1 aliphatic heterocycles. The average Bonchev–Trinajstić information content (AvgIpc) is 3.03. The van der Waals surface area contributed by atoms with Gasteiger partial charge in [-0.15, -0.1) is 0 Å². The molecule has 2 aliphatic rings. The summed E-state index contributed by atoms with van der Waals surface area (Å²) in [6.07, 6.45) is 6.73. The molecule has 7 heteroatoms. The number of imidazole rings is 1. The Morgan fingerprint density at radius 2 is 1.96 bits per heavy atom. The predicted octanol–water partition coefficient (Wildman–Crippen LogP) is 2.18. The maximum Gasteiger partial charge on any atom is 0.272 e. The first-order valence-electron chi connectivity index (χ1n) is 10.2. The first kappa shape index (κ1) is 20.6. The van der Waals surface area contributed by atoms with Gasteiger partial charge < -0.3 is 15.2 Å². The van der Waals surface area contributed by atoms with Gasteiger partial charge in [0.2, 0.25) is 5.91 Å². The Balaban J connectivity index is 1.96. The molecule has 1 aliphatic carbocycles. The Morgan fingerprint density at radius 1 is 1.21 bits per heavy atom. The summed E-state index contributed by atoms with van der Waals surface area (Å²) >= 11 is 0. The summed E-state index contributed by atoms with van der Waals surface area (Å²) in [6.45, 7) is 8.29. The number of hydrogen-bond donors (Lipinski definition) is 2. The van der Waals surface area contributed by atoms with E-state index in [9.17, 15) is 9.59 Å². The highest BCUT2D eigenvalue weighted by Gasteiger charge is 2.35. The van der Waals surface area contributed by atoms with Gasteiger partial charge in [0, 0.05) is 26.7 Å². The van der Waals surface area contributed by atoms with Gasteiger partial charge in [-0.1, -0.05) is 26.8 Å². The number of hydrogen-bond acceptors (Lipinski definition) is 4. The first-order chi connectivity index (χ1) is 13.2.